The van der Waals surface area contributed by atoms with E-state index in [9.17, 15) is 0 Å². The lowest BCUT2D eigenvalue weighted by molar-refractivity contribution is 0.333. The van der Waals surface area contributed by atoms with E-state index < -0.39 is 0 Å². The van der Waals surface area contributed by atoms with Crippen molar-refractivity contribution in [2.24, 2.45) is 7.05 Å². The van der Waals surface area contributed by atoms with Crippen molar-refractivity contribution in [1.82, 2.24) is 15.1 Å². The molecule has 4 nitrogen and oxygen atoms in total. The van der Waals surface area contributed by atoms with Gasteiger partial charge in [-0.05, 0) is 41.9 Å². The summed E-state index contributed by atoms with van der Waals surface area (Å²) < 4.78 is 9.62. The second-order valence-corrected chi connectivity index (χ2v) is 6.56. The first-order valence-electron chi connectivity index (χ1n) is 6.81. The number of hydrogen-bond donors (Lipinski definition) is 1. The second kappa shape index (κ2) is 7.42. The summed E-state index contributed by atoms with van der Waals surface area (Å²) in [4.78, 5) is 0. The molecule has 0 atom stereocenters. The molecule has 0 spiro atoms. The third-order valence-electron chi connectivity index (χ3n) is 3.34. The molecule has 0 radical (unpaired) electrons. The third kappa shape index (κ3) is 4.08. The summed E-state index contributed by atoms with van der Waals surface area (Å²) in [6, 6.07) is 4.08. The highest BCUT2D eigenvalue weighted by Crippen LogP contribution is 2.33. The van der Waals surface area contributed by atoms with Gasteiger partial charge >= 0.3 is 0 Å². The Labute approximate surface area is 142 Å². The molecule has 1 heterocycles. The van der Waals surface area contributed by atoms with Gasteiger partial charge in [-0.25, -0.2) is 0 Å². The van der Waals surface area contributed by atoms with E-state index in [1.54, 1.807) is 0 Å². The van der Waals surface area contributed by atoms with Crippen molar-refractivity contribution in [3.63, 3.8) is 0 Å². The summed E-state index contributed by atoms with van der Waals surface area (Å²) in [7, 11) is 1.96. The van der Waals surface area contributed by atoms with Gasteiger partial charge in [0.25, 0.3) is 0 Å². The number of rotatable bonds is 6. The highest BCUT2D eigenvalue weighted by Gasteiger charge is 2.10. The minimum absolute atomic E-state index is 0.648. The lowest BCUT2D eigenvalue weighted by atomic mass is 10.2. The first kappa shape index (κ1) is 16.5. The van der Waals surface area contributed by atoms with Crippen molar-refractivity contribution in [2.45, 2.75) is 26.9 Å². The van der Waals surface area contributed by atoms with Crippen molar-refractivity contribution >= 4 is 31.9 Å². The van der Waals surface area contributed by atoms with Gasteiger partial charge < -0.3 is 10.1 Å². The van der Waals surface area contributed by atoms with E-state index in [1.807, 2.05) is 30.9 Å². The largest absolute Gasteiger partial charge is 0.492 e. The Morgan fingerprint density at radius 1 is 1.24 bits per heavy atom. The number of nitrogens with zero attached hydrogens (tertiary/aromatic N) is 2. The van der Waals surface area contributed by atoms with Gasteiger partial charge in [0.15, 0.2) is 0 Å². The minimum Gasteiger partial charge on any atom is -0.492 e. The van der Waals surface area contributed by atoms with Crippen molar-refractivity contribution < 1.29 is 4.74 Å². The third-order valence-corrected chi connectivity index (χ3v) is 4.39. The number of nitrogens with one attached hydrogen (secondary N) is 1. The fourth-order valence-corrected chi connectivity index (χ4v) is 3.53. The molecule has 0 saturated heterocycles. The van der Waals surface area contributed by atoms with Crippen LogP contribution in [0.3, 0.4) is 0 Å². The van der Waals surface area contributed by atoms with Gasteiger partial charge in [0.1, 0.15) is 5.75 Å². The fourth-order valence-electron chi connectivity index (χ4n) is 2.10. The number of halogens is 2. The van der Waals surface area contributed by atoms with E-state index in [0.717, 1.165) is 33.3 Å². The van der Waals surface area contributed by atoms with Crippen molar-refractivity contribution in [2.75, 3.05) is 6.61 Å². The van der Waals surface area contributed by atoms with E-state index in [4.69, 9.17) is 4.74 Å². The average Bonchev–Trinajstić information content (AvgIpc) is 2.74. The molecule has 0 saturated carbocycles. The quantitative estimate of drug-likeness (QED) is 0.774. The van der Waals surface area contributed by atoms with Crippen LogP contribution in [0.2, 0.25) is 0 Å². The van der Waals surface area contributed by atoms with Gasteiger partial charge in [-0.3, -0.25) is 4.68 Å². The minimum atomic E-state index is 0.648. The Hall–Kier alpha value is -0.850. The zero-order chi connectivity index (χ0) is 15.4. The van der Waals surface area contributed by atoms with Gasteiger partial charge in [0.2, 0.25) is 0 Å². The summed E-state index contributed by atoms with van der Waals surface area (Å²) in [5, 5.41) is 7.70. The molecule has 1 N–H and O–H groups in total. The van der Waals surface area contributed by atoms with E-state index in [0.29, 0.717) is 6.61 Å². The van der Waals surface area contributed by atoms with Gasteiger partial charge in [-0.2, -0.15) is 5.10 Å². The predicted octanol–water partition coefficient (Wildman–Crippen LogP) is 3.94. The number of ether oxygens (including phenoxy) is 1. The van der Waals surface area contributed by atoms with Crippen molar-refractivity contribution in [3.05, 3.63) is 44.1 Å². The lowest BCUT2D eigenvalue weighted by Crippen LogP contribution is -2.14. The summed E-state index contributed by atoms with van der Waals surface area (Å²) in [5.74, 6) is 0.899. The average molecular weight is 417 g/mol. The van der Waals surface area contributed by atoms with E-state index >= 15 is 0 Å². The molecule has 1 aromatic heterocycles. The van der Waals surface area contributed by atoms with Crippen LogP contribution >= 0.6 is 31.9 Å². The molecule has 0 aliphatic rings. The Balaban J connectivity index is 2.07. The zero-order valence-corrected chi connectivity index (χ0v) is 15.6. The zero-order valence-electron chi connectivity index (χ0n) is 12.4. The van der Waals surface area contributed by atoms with Crippen LogP contribution in [0, 0.1) is 6.92 Å². The van der Waals surface area contributed by atoms with Crippen molar-refractivity contribution in [1.29, 1.82) is 0 Å². The summed E-state index contributed by atoms with van der Waals surface area (Å²) in [6.07, 6.45) is 1.91. The summed E-state index contributed by atoms with van der Waals surface area (Å²) >= 11 is 7.08. The fraction of sp³-hybridized carbons (Fsp3) is 0.400. The molecule has 0 fully saturated rings. The molecule has 0 unspecified atom stereocenters. The van der Waals surface area contributed by atoms with Crippen molar-refractivity contribution in [3.8, 4) is 5.75 Å². The standard InChI is InChI=1S/C15H19Br2N3O/c1-4-21-15-11(5-13(16)6-14(15)17)7-18-8-12-9-19-20(3)10(12)2/h5-6,9,18H,4,7-8H2,1-3H3. The summed E-state index contributed by atoms with van der Waals surface area (Å²) in [5.41, 5.74) is 3.52. The van der Waals surface area contributed by atoms with E-state index in [2.05, 4.69) is 55.3 Å². The maximum absolute atomic E-state index is 5.73. The molecular weight excluding hydrogens is 398 g/mol. The SMILES string of the molecule is CCOc1c(Br)cc(Br)cc1CNCc1cnn(C)c1C. The molecule has 21 heavy (non-hydrogen) atoms. The molecule has 1 aromatic carbocycles. The molecular formula is C15H19Br2N3O. The topological polar surface area (TPSA) is 39.1 Å². The summed E-state index contributed by atoms with van der Waals surface area (Å²) in [6.45, 7) is 6.24. The van der Waals surface area contributed by atoms with E-state index in [1.165, 1.54) is 11.3 Å². The maximum Gasteiger partial charge on any atom is 0.138 e. The van der Waals surface area contributed by atoms with E-state index in [-0.39, 0.29) is 0 Å². The first-order chi connectivity index (χ1) is 10.0. The molecule has 2 aromatic rings. The van der Waals surface area contributed by atoms with Crippen LogP contribution in [0.15, 0.2) is 27.3 Å². The smallest absolute Gasteiger partial charge is 0.138 e. The molecule has 0 bridgehead atoms. The highest BCUT2D eigenvalue weighted by atomic mass is 79.9. The Morgan fingerprint density at radius 2 is 1.95 bits per heavy atom. The van der Waals surface area contributed by atoms with Crippen LogP contribution in [0.25, 0.3) is 0 Å². The predicted molar refractivity (Wildman–Crippen MR) is 91.5 cm³/mol. The van der Waals surface area contributed by atoms with Crippen LogP contribution in [0.5, 0.6) is 5.75 Å². The molecule has 6 heteroatoms. The Kier molecular flexibility index (Phi) is 5.84. The van der Waals surface area contributed by atoms with Crippen LogP contribution in [-0.4, -0.2) is 16.4 Å². The molecule has 0 aliphatic heterocycles. The van der Waals surface area contributed by atoms with Crippen LogP contribution in [0.1, 0.15) is 23.7 Å². The first-order valence-corrected chi connectivity index (χ1v) is 8.40. The lowest BCUT2D eigenvalue weighted by Gasteiger charge is -2.13. The normalized spacial score (nSPS) is 10.9. The van der Waals surface area contributed by atoms with Gasteiger partial charge in [-0.15, -0.1) is 0 Å². The van der Waals surface area contributed by atoms with Crippen LogP contribution in [0.4, 0.5) is 0 Å². The molecule has 0 aliphatic carbocycles. The molecule has 2 rings (SSSR count). The number of hydrogen-bond acceptors (Lipinski definition) is 3. The maximum atomic E-state index is 5.73. The van der Waals surface area contributed by atoms with Crippen LogP contribution in [-0.2, 0) is 20.1 Å². The number of aryl methyl sites for hydroxylation is 1. The second-order valence-electron chi connectivity index (χ2n) is 4.79. The molecule has 114 valence electrons. The number of benzene rings is 1. The van der Waals surface area contributed by atoms with Crippen LogP contribution < -0.4 is 10.1 Å². The van der Waals surface area contributed by atoms with Gasteiger partial charge in [0, 0.05) is 41.4 Å². The van der Waals surface area contributed by atoms with Gasteiger partial charge in [0.05, 0.1) is 17.3 Å². The Morgan fingerprint density at radius 3 is 2.57 bits per heavy atom. The molecule has 0 amide bonds. The highest BCUT2D eigenvalue weighted by molar-refractivity contribution is 9.11. The van der Waals surface area contributed by atoms with Gasteiger partial charge in [-0.1, -0.05) is 15.9 Å². The number of aromatic nitrogens is 2. The monoisotopic (exact) mass is 415 g/mol. The Bertz CT molecular complexity index is 626.